The summed E-state index contributed by atoms with van der Waals surface area (Å²) in [5.74, 6) is 0.835. The van der Waals surface area contributed by atoms with Gasteiger partial charge >= 0.3 is 0 Å². The van der Waals surface area contributed by atoms with Gasteiger partial charge in [0.1, 0.15) is 12.4 Å². The second-order valence-corrected chi connectivity index (χ2v) is 9.30. The molecule has 3 aromatic rings. The fraction of sp³-hybridized carbons (Fsp3) is 0.345. The Hall–Kier alpha value is -2.90. The minimum Gasteiger partial charge on any atom is -0.497 e. The number of nitrogens with zero attached hydrogens (tertiary/aromatic N) is 2. The number of hydrogen-bond donors (Lipinski definition) is 0. The minimum absolute atomic E-state index is 0.0344. The van der Waals surface area contributed by atoms with E-state index in [0.29, 0.717) is 31.3 Å². The highest BCUT2D eigenvalue weighted by Crippen LogP contribution is 2.25. The van der Waals surface area contributed by atoms with Crippen LogP contribution in [0.3, 0.4) is 0 Å². The van der Waals surface area contributed by atoms with E-state index < -0.39 is 0 Å². The van der Waals surface area contributed by atoms with Crippen LogP contribution in [0, 0.1) is 0 Å². The SMILES string of the molecule is COc1cccc([C@H](CN2CCN(C(=O)COCc3ccccc3)CC2)OCc2cccc(Cl)c2)c1. The van der Waals surface area contributed by atoms with Gasteiger partial charge < -0.3 is 19.1 Å². The third-order valence-electron chi connectivity index (χ3n) is 6.29. The van der Waals surface area contributed by atoms with E-state index in [9.17, 15) is 4.79 Å². The molecule has 1 aliphatic heterocycles. The van der Waals surface area contributed by atoms with E-state index in [1.54, 1.807) is 7.11 Å². The van der Waals surface area contributed by atoms with Crippen molar-refractivity contribution < 1.29 is 19.0 Å². The number of rotatable bonds is 11. The molecule has 7 heteroatoms. The van der Waals surface area contributed by atoms with Crippen LogP contribution in [-0.4, -0.2) is 62.1 Å². The number of piperazine rings is 1. The summed E-state index contributed by atoms with van der Waals surface area (Å²) in [6, 6.07) is 25.6. The number of hydrogen-bond acceptors (Lipinski definition) is 5. The zero-order valence-electron chi connectivity index (χ0n) is 20.6. The number of carbonyl (C=O) groups is 1. The molecular weight excluding hydrogens is 476 g/mol. The fourth-order valence-corrected chi connectivity index (χ4v) is 4.47. The topological polar surface area (TPSA) is 51.2 Å². The lowest BCUT2D eigenvalue weighted by atomic mass is 10.1. The molecule has 0 saturated carbocycles. The van der Waals surface area contributed by atoms with E-state index in [4.69, 9.17) is 25.8 Å². The molecule has 6 nitrogen and oxygen atoms in total. The van der Waals surface area contributed by atoms with Crippen molar-refractivity contribution in [2.45, 2.75) is 19.3 Å². The van der Waals surface area contributed by atoms with Gasteiger partial charge in [0.05, 0.1) is 26.4 Å². The molecule has 1 aliphatic rings. The van der Waals surface area contributed by atoms with Crippen molar-refractivity contribution in [2.75, 3.05) is 46.4 Å². The monoisotopic (exact) mass is 508 g/mol. The molecule has 0 spiro atoms. The van der Waals surface area contributed by atoms with Gasteiger partial charge in [0.15, 0.2) is 0 Å². The van der Waals surface area contributed by atoms with Crippen molar-refractivity contribution in [3.63, 3.8) is 0 Å². The Balaban J connectivity index is 1.30. The van der Waals surface area contributed by atoms with Crippen LogP contribution in [0.2, 0.25) is 5.02 Å². The van der Waals surface area contributed by atoms with E-state index in [-0.39, 0.29) is 18.6 Å². The highest BCUT2D eigenvalue weighted by Gasteiger charge is 2.24. The van der Waals surface area contributed by atoms with Crippen LogP contribution < -0.4 is 4.74 Å². The van der Waals surface area contributed by atoms with Crippen molar-refractivity contribution in [2.24, 2.45) is 0 Å². The van der Waals surface area contributed by atoms with Crippen LogP contribution in [0.4, 0.5) is 0 Å². The van der Waals surface area contributed by atoms with Crippen molar-refractivity contribution in [3.05, 3.63) is 101 Å². The van der Waals surface area contributed by atoms with Crippen LogP contribution in [0.15, 0.2) is 78.9 Å². The van der Waals surface area contributed by atoms with Gasteiger partial charge in [0, 0.05) is 37.7 Å². The first-order chi connectivity index (χ1) is 17.6. The number of benzene rings is 3. The quantitative estimate of drug-likeness (QED) is 0.366. The van der Waals surface area contributed by atoms with E-state index in [1.807, 2.05) is 77.7 Å². The first kappa shape index (κ1) is 26.2. The lowest BCUT2D eigenvalue weighted by Gasteiger charge is -2.36. The second-order valence-electron chi connectivity index (χ2n) is 8.87. The molecule has 190 valence electrons. The summed E-state index contributed by atoms with van der Waals surface area (Å²) in [7, 11) is 1.67. The summed E-state index contributed by atoms with van der Waals surface area (Å²) in [6.45, 7) is 4.64. The van der Waals surface area contributed by atoms with Gasteiger partial charge in [0.25, 0.3) is 0 Å². The van der Waals surface area contributed by atoms with Crippen molar-refractivity contribution in [1.29, 1.82) is 0 Å². The molecular formula is C29H33ClN2O4. The van der Waals surface area contributed by atoms with Gasteiger partial charge in [-0.3, -0.25) is 9.69 Å². The van der Waals surface area contributed by atoms with Crippen LogP contribution in [0.25, 0.3) is 0 Å². The van der Waals surface area contributed by atoms with Gasteiger partial charge in [-0.1, -0.05) is 66.2 Å². The molecule has 36 heavy (non-hydrogen) atoms. The lowest BCUT2D eigenvalue weighted by Crippen LogP contribution is -2.50. The van der Waals surface area contributed by atoms with Gasteiger partial charge in [-0.15, -0.1) is 0 Å². The average Bonchev–Trinajstić information content (AvgIpc) is 2.92. The maximum Gasteiger partial charge on any atom is 0.248 e. The molecule has 4 rings (SSSR count). The first-order valence-electron chi connectivity index (χ1n) is 12.2. The van der Waals surface area contributed by atoms with Crippen molar-refractivity contribution in [1.82, 2.24) is 9.80 Å². The van der Waals surface area contributed by atoms with Gasteiger partial charge in [-0.25, -0.2) is 0 Å². The molecule has 0 aliphatic carbocycles. The largest absolute Gasteiger partial charge is 0.497 e. The molecule has 1 atom stereocenters. The highest BCUT2D eigenvalue weighted by molar-refractivity contribution is 6.30. The fourth-order valence-electron chi connectivity index (χ4n) is 4.26. The molecule has 0 N–H and O–H groups in total. The maximum atomic E-state index is 12.6. The molecule has 0 aromatic heterocycles. The number of ether oxygens (including phenoxy) is 3. The Bertz CT molecular complexity index is 1100. The molecule has 1 amide bonds. The van der Waals surface area contributed by atoms with Crippen molar-refractivity contribution in [3.8, 4) is 5.75 Å². The predicted octanol–water partition coefficient (Wildman–Crippen LogP) is 4.97. The van der Waals surface area contributed by atoms with Gasteiger partial charge in [-0.2, -0.15) is 0 Å². The first-order valence-corrected chi connectivity index (χ1v) is 12.6. The Morgan fingerprint density at radius 2 is 1.64 bits per heavy atom. The number of carbonyl (C=O) groups excluding carboxylic acids is 1. The smallest absolute Gasteiger partial charge is 0.248 e. The van der Waals surface area contributed by atoms with Crippen LogP contribution >= 0.6 is 11.6 Å². The summed E-state index contributed by atoms with van der Waals surface area (Å²) < 4.78 is 17.5. The number of halogens is 1. The molecule has 3 aromatic carbocycles. The number of methoxy groups -OCH3 is 1. The average molecular weight is 509 g/mol. The highest BCUT2D eigenvalue weighted by atomic mass is 35.5. The van der Waals surface area contributed by atoms with E-state index in [1.165, 1.54) is 0 Å². The molecule has 0 radical (unpaired) electrons. The number of amides is 1. The summed E-state index contributed by atoms with van der Waals surface area (Å²) in [5, 5.41) is 0.697. The Kier molecular flexibility index (Phi) is 9.76. The van der Waals surface area contributed by atoms with E-state index in [2.05, 4.69) is 11.0 Å². The second kappa shape index (κ2) is 13.4. The Morgan fingerprint density at radius 3 is 2.39 bits per heavy atom. The standard InChI is InChI=1S/C29H33ClN2O4/c1-34-27-12-6-10-25(18-27)28(36-21-24-9-5-11-26(30)17-24)19-31-13-15-32(16-14-31)29(33)22-35-20-23-7-3-2-4-8-23/h2-12,17-18,28H,13-16,19-22H2,1H3/t28-/m0/s1. The Labute approximate surface area is 218 Å². The zero-order valence-corrected chi connectivity index (χ0v) is 21.4. The summed E-state index contributed by atoms with van der Waals surface area (Å²) in [6.07, 6.45) is -0.143. The summed E-state index contributed by atoms with van der Waals surface area (Å²) in [5.41, 5.74) is 3.15. The third-order valence-corrected chi connectivity index (χ3v) is 6.53. The van der Waals surface area contributed by atoms with Crippen LogP contribution in [-0.2, 0) is 27.5 Å². The zero-order chi connectivity index (χ0) is 25.2. The molecule has 0 bridgehead atoms. The van der Waals surface area contributed by atoms with Gasteiger partial charge in [-0.05, 0) is 41.0 Å². The molecule has 1 heterocycles. The van der Waals surface area contributed by atoms with Crippen LogP contribution in [0.5, 0.6) is 5.75 Å². The normalized spacial score (nSPS) is 15.0. The molecule has 0 unspecified atom stereocenters. The predicted molar refractivity (Wildman–Crippen MR) is 141 cm³/mol. The third kappa shape index (κ3) is 7.80. The van der Waals surface area contributed by atoms with E-state index >= 15 is 0 Å². The minimum atomic E-state index is -0.143. The van der Waals surface area contributed by atoms with E-state index in [0.717, 1.165) is 42.1 Å². The lowest BCUT2D eigenvalue weighted by molar-refractivity contribution is -0.138. The Morgan fingerprint density at radius 1 is 0.889 bits per heavy atom. The summed E-state index contributed by atoms with van der Waals surface area (Å²) in [4.78, 5) is 16.9. The van der Waals surface area contributed by atoms with Crippen LogP contribution in [0.1, 0.15) is 22.8 Å². The molecule has 1 saturated heterocycles. The van der Waals surface area contributed by atoms with Crippen molar-refractivity contribution >= 4 is 17.5 Å². The molecule has 1 fully saturated rings. The maximum absolute atomic E-state index is 12.6. The summed E-state index contributed by atoms with van der Waals surface area (Å²) >= 11 is 6.15. The van der Waals surface area contributed by atoms with Gasteiger partial charge in [0.2, 0.25) is 5.91 Å².